The van der Waals surface area contributed by atoms with E-state index in [0.717, 1.165) is 6.08 Å². The zero-order valence-electron chi connectivity index (χ0n) is 6.75. The van der Waals surface area contributed by atoms with Gasteiger partial charge in [-0.2, -0.15) is 0 Å². The highest BCUT2D eigenvalue weighted by atomic mass is 16.4. The van der Waals surface area contributed by atoms with Crippen LogP contribution in [0.25, 0.3) is 0 Å². The summed E-state index contributed by atoms with van der Waals surface area (Å²) in [7, 11) is 0. The van der Waals surface area contributed by atoms with Gasteiger partial charge in [-0.05, 0) is 0 Å². The van der Waals surface area contributed by atoms with Crippen LogP contribution in [0.5, 0.6) is 0 Å². The van der Waals surface area contributed by atoms with E-state index in [1.807, 2.05) is 0 Å². The fourth-order valence-electron chi connectivity index (χ4n) is 1.25. The average molecular weight is 186 g/mol. The number of hydrogen-bond acceptors (Lipinski definition) is 5. The molecule has 0 spiro atoms. The van der Waals surface area contributed by atoms with E-state index in [1.165, 1.54) is 0 Å². The minimum Gasteiger partial charge on any atom is -0.387 e. The molecule has 0 amide bonds. The second-order valence-corrected chi connectivity index (χ2v) is 2.90. The number of Topliss-reactive ketones (excluding diaryl/α,β-unsaturated/α-hetero) is 2. The van der Waals surface area contributed by atoms with Crippen LogP contribution in [0.4, 0.5) is 0 Å². The molecule has 1 aliphatic rings. The second-order valence-electron chi connectivity index (χ2n) is 2.90. The molecule has 5 heteroatoms. The standard InChI is InChI=1S/C8H10O5/c1-2-3-4(9)6(11)8(13)7(12)5(3)10/h2-3,6-8,11-13H,1H2. The zero-order chi connectivity index (χ0) is 10.2. The van der Waals surface area contributed by atoms with Crippen LogP contribution in [0.3, 0.4) is 0 Å². The summed E-state index contributed by atoms with van der Waals surface area (Å²) in [4.78, 5) is 22.2. The summed E-state index contributed by atoms with van der Waals surface area (Å²) in [5.41, 5.74) is 0. The van der Waals surface area contributed by atoms with Gasteiger partial charge in [0.05, 0.1) is 5.92 Å². The van der Waals surface area contributed by atoms with Gasteiger partial charge in [0.2, 0.25) is 0 Å². The quantitative estimate of drug-likeness (QED) is 0.326. The Kier molecular flexibility index (Phi) is 2.60. The maximum absolute atomic E-state index is 11.1. The molecule has 0 bridgehead atoms. The fourth-order valence-corrected chi connectivity index (χ4v) is 1.25. The van der Waals surface area contributed by atoms with Gasteiger partial charge in [-0.3, -0.25) is 9.59 Å². The molecule has 0 aromatic carbocycles. The van der Waals surface area contributed by atoms with E-state index in [2.05, 4.69) is 6.58 Å². The lowest BCUT2D eigenvalue weighted by molar-refractivity contribution is -0.162. The first kappa shape index (κ1) is 10.0. The number of allylic oxidation sites excluding steroid dienone is 1. The molecule has 0 aromatic rings. The van der Waals surface area contributed by atoms with Crippen LogP contribution in [-0.2, 0) is 9.59 Å². The van der Waals surface area contributed by atoms with Gasteiger partial charge in [0.1, 0.15) is 18.3 Å². The van der Waals surface area contributed by atoms with E-state index in [4.69, 9.17) is 15.3 Å². The maximum Gasteiger partial charge on any atom is 0.178 e. The van der Waals surface area contributed by atoms with Crippen molar-refractivity contribution in [2.75, 3.05) is 0 Å². The molecule has 1 fully saturated rings. The first-order valence-corrected chi connectivity index (χ1v) is 3.75. The molecule has 0 saturated heterocycles. The molecule has 1 saturated carbocycles. The predicted molar refractivity (Wildman–Crippen MR) is 41.7 cm³/mol. The van der Waals surface area contributed by atoms with Crippen molar-refractivity contribution in [2.24, 2.45) is 5.92 Å². The average Bonchev–Trinajstić information content (AvgIpc) is 2.13. The van der Waals surface area contributed by atoms with Crippen LogP contribution in [-0.4, -0.2) is 45.2 Å². The molecule has 3 N–H and O–H groups in total. The van der Waals surface area contributed by atoms with E-state index < -0.39 is 35.8 Å². The van der Waals surface area contributed by atoms with Gasteiger partial charge < -0.3 is 15.3 Å². The Hall–Kier alpha value is -1.04. The van der Waals surface area contributed by atoms with Gasteiger partial charge in [-0.15, -0.1) is 6.58 Å². The highest BCUT2D eigenvalue weighted by Crippen LogP contribution is 2.19. The zero-order valence-corrected chi connectivity index (χ0v) is 6.75. The Balaban J connectivity index is 2.98. The van der Waals surface area contributed by atoms with Crippen LogP contribution in [0.15, 0.2) is 12.7 Å². The maximum atomic E-state index is 11.1. The Morgan fingerprint density at radius 3 is 1.77 bits per heavy atom. The third-order valence-electron chi connectivity index (χ3n) is 2.08. The van der Waals surface area contributed by atoms with Gasteiger partial charge in [0.15, 0.2) is 11.6 Å². The van der Waals surface area contributed by atoms with Gasteiger partial charge in [-0.25, -0.2) is 0 Å². The lowest BCUT2D eigenvalue weighted by atomic mass is 9.81. The number of carbonyl (C=O) groups is 2. The van der Waals surface area contributed by atoms with Crippen molar-refractivity contribution in [2.45, 2.75) is 18.3 Å². The molecule has 1 aliphatic carbocycles. The third-order valence-corrected chi connectivity index (χ3v) is 2.08. The molecule has 5 nitrogen and oxygen atoms in total. The highest BCUT2D eigenvalue weighted by molar-refractivity contribution is 6.10. The Labute approximate surface area is 74.3 Å². The summed E-state index contributed by atoms with van der Waals surface area (Å²) < 4.78 is 0. The van der Waals surface area contributed by atoms with Crippen molar-refractivity contribution < 1.29 is 24.9 Å². The van der Waals surface area contributed by atoms with Crippen molar-refractivity contribution in [3.05, 3.63) is 12.7 Å². The molecule has 72 valence electrons. The van der Waals surface area contributed by atoms with E-state index in [1.54, 1.807) is 0 Å². The molecular formula is C8H10O5. The summed E-state index contributed by atoms with van der Waals surface area (Å²) >= 11 is 0. The van der Waals surface area contributed by atoms with Gasteiger partial charge >= 0.3 is 0 Å². The topological polar surface area (TPSA) is 94.8 Å². The van der Waals surface area contributed by atoms with E-state index >= 15 is 0 Å². The molecule has 2 unspecified atom stereocenters. The molecule has 0 heterocycles. The minimum absolute atomic E-state index is 0.821. The van der Waals surface area contributed by atoms with E-state index in [-0.39, 0.29) is 0 Å². The van der Waals surface area contributed by atoms with E-state index in [9.17, 15) is 9.59 Å². The number of aliphatic hydroxyl groups excluding tert-OH is 3. The first-order chi connectivity index (χ1) is 6.00. The summed E-state index contributed by atoms with van der Waals surface area (Å²) in [5.74, 6) is -2.86. The largest absolute Gasteiger partial charge is 0.387 e. The number of rotatable bonds is 1. The van der Waals surface area contributed by atoms with Crippen LogP contribution in [0.1, 0.15) is 0 Å². The molecule has 0 aliphatic heterocycles. The summed E-state index contributed by atoms with van der Waals surface area (Å²) in [5, 5.41) is 27.2. The molecule has 2 atom stereocenters. The monoisotopic (exact) mass is 186 g/mol. The molecular weight excluding hydrogens is 176 g/mol. The van der Waals surface area contributed by atoms with Gasteiger partial charge in [-0.1, -0.05) is 6.08 Å². The lowest BCUT2D eigenvalue weighted by Crippen LogP contribution is -2.56. The molecule has 0 aromatic heterocycles. The normalized spacial score (nSPS) is 40.5. The van der Waals surface area contributed by atoms with Crippen molar-refractivity contribution in [3.63, 3.8) is 0 Å². The van der Waals surface area contributed by atoms with Crippen LogP contribution >= 0.6 is 0 Å². The Morgan fingerprint density at radius 1 is 1.08 bits per heavy atom. The second kappa shape index (κ2) is 3.37. The summed E-state index contributed by atoms with van der Waals surface area (Å²) in [6.07, 6.45) is -4.11. The van der Waals surface area contributed by atoms with Crippen LogP contribution in [0.2, 0.25) is 0 Å². The summed E-state index contributed by atoms with van der Waals surface area (Å²) in [6, 6.07) is 0. The number of carbonyl (C=O) groups excluding carboxylic acids is 2. The first-order valence-electron chi connectivity index (χ1n) is 3.75. The Bertz CT molecular complexity index is 237. The van der Waals surface area contributed by atoms with E-state index in [0.29, 0.717) is 0 Å². The van der Waals surface area contributed by atoms with Gasteiger partial charge in [0.25, 0.3) is 0 Å². The molecule has 13 heavy (non-hydrogen) atoms. The van der Waals surface area contributed by atoms with Crippen molar-refractivity contribution >= 4 is 11.6 Å². The number of hydrogen-bond donors (Lipinski definition) is 3. The number of ketones is 2. The predicted octanol–water partition coefficient (Wildman–Crippen LogP) is -1.98. The van der Waals surface area contributed by atoms with Crippen LogP contribution in [0, 0.1) is 5.92 Å². The third kappa shape index (κ3) is 1.41. The van der Waals surface area contributed by atoms with Crippen molar-refractivity contribution in [1.29, 1.82) is 0 Å². The number of aliphatic hydroxyl groups is 3. The summed E-state index contributed by atoms with van der Waals surface area (Å²) in [6.45, 7) is 3.23. The lowest BCUT2D eigenvalue weighted by Gasteiger charge is -2.29. The van der Waals surface area contributed by atoms with Crippen molar-refractivity contribution in [3.8, 4) is 0 Å². The SMILES string of the molecule is C=CC1C(=O)C(O)C(O)C(O)C1=O. The fraction of sp³-hybridized carbons (Fsp3) is 0.500. The Morgan fingerprint density at radius 2 is 1.46 bits per heavy atom. The van der Waals surface area contributed by atoms with Gasteiger partial charge in [0, 0.05) is 0 Å². The highest BCUT2D eigenvalue weighted by Gasteiger charge is 2.46. The van der Waals surface area contributed by atoms with Crippen LogP contribution < -0.4 is 0 Å². The minimum atomic E-state index is -1.73. The smallest absolute Gasteiger partial charge is 0.178 e. The van der Waals surface area contributed by atoms with Crippen molar-refractivity contribution in [1.82, 2.24) is 0 Å². The molecule has 0 radical (unpaired) electrons. The molecule has 1 rings (SSSR count).